The Morgan fingerprint density at radius 3 is 2.50 bits per heavy atom. The van der Waals surface area contributed by atoms with Crippen LogP contribution in [-0.4, -0.2) is 18.6 Å². The van der Waals surface area contributed by atoms with Crippen LogP contribution in [0.2, 0.25) is 0 Å². The van der Waals surface area contributed by atoms with Crippen molar-refractivity contribution < 1.29 is 0 Å². The van der Waals surface area contributed by atoms with Crippen LogP contribution in [0.3, 0.4) is 0 Å². The van der Waals surface area contributed by atoms with Crippen molar-refractivity contribution in [2.75, 3.05) is 13.1 Å². The van der Waals surface area contributed by atoms with E-state index >= 15 is 0 Å². The summed E-state index contributed by atoms with van der Waals surface area (Å²) in [4.78, 5) is 0. The Balaban J connectivity index is 2.54. The summed E-state index contributed by atoms with van der Waals surface area (Å²) in [5.74, 6) is 0.627. The molecule has 0 amide bonds. The maximum absolute atomic E-state index is 5.86. The van der Waals surface area contributed by atoms with Gasteiger partial charge in [-0.25, -0.2) is 0 Å². The number of rotatable bonds is 0. The van der Waals surface area contributed by atoms with Crippen molar-refractivity contribution in [3.05, 3.63) is 0 Å². The normalized spacial score (nSPS) is 47.6. The van der Waals surface area contributed by atoms with Gasteiger partial charge in [-0.1, -0.05) is 6.92 Å². The summed E-state index contributed by atoms with van der Waals surface area (Å²) in [7, 11) is 0. The molecule has 1 rings (SSSR count). The smallest absolute Gasteiger partial charge is 0.0290 e. The van der Waals surface area contributed by atoms with Crippen LogP contribution in [0.15, 0.2) is 0 Å². The highest BCUT2D eigenvalue weighted by molar-refractivity contribution is 4.93. The van der Waals surface area contributed by atoms with Gasteiger partial charge in [-0.2, -0.15) is 0 Å². The summed E-state index contributed by atoms with van der Waals surface area (Å²) < 4.78 is 0. The maximum Gasteiger partial charge on any atom is 0.0290 e. The third-order valence-corrected chi connectivity index (χ3v) is 2.08. The molecule has 48 valence electrons. The highest BCUT2D eigenvalue weighted by Gasteiger charge is 2.30. The molecular formula is C6H14N2. The topological polar surface area (TPSA) is 38.0 Å². The Kier molecular flexibility index (Phi) is 1.29. The van der Waals surface area contributed by atoms with Gasteiger partial charge in [0.1, 0.15) is 0 Å². The summed E-state index contributed by atoms with van der Waals surface area (Å²) in [5.41, 5.74) is 5.90. The van der Waals surface area contributed by atoms with E-state index in [9.17, 15) is 0 Å². The van der Waals surface area contributed by atoms with Gasteiger partial charge in [0.15, 0.2) is 0 Å². The van der Waals surface area contributed by atoms with Gasteiger partial charge < -0.3 is 11.1 Å². The lowest BCUT2D eigenvalue weighted by atomic mass is 9.92. The molecule has 8 heavy (non-hydrogen) atoms. The van der Waals surface area contributed by atoms with Gasteiger partial charge in [-0.15, -0.1) is 0 Å². The zero-order valence-electron chi connectivity index (χ0n) is 5.57. The highest BCUT2D eigenvalue weighted by atomic mass is 15.0. The average Bonchev–Trinajstić information content (AvgIpc) is 1.86. The fourth-order valence-corrected chi connectivity index (χ4v) is 0.965. The lowest BCUT2D eigenvalue weighted by Crippen LogP contribution is -2.42. The summed E-state index contributed by atoms with van der Waals surface area (Å²) in [6, 6.07) is 0. The standard InChI is InChI=1S/C6H14N2/c1-5-3-8-4-6(5,2)7/h5,8H,3-4,7H2,1-2H3/t5?,6-/m0/s1. The van der Waals surface area contributed by atoms with E-state index in [4.69, 9.17) is 5.73 Å². The molecule has 2 heteroatoms. The molecule has 0 radical (unpaired) electrons. The fraction of sp³-hybridized carbons (Fsp3) is 1.00. The maximum atomic E-state index is 5.86. The third-order valence-electron chi connectivity index (χ3n) is 2.08. The molecule has 2 atom stereocenters. The second-order valence-electron chi connectivity index (χ2n) is 3.04. The first-order chi connectivity index (χ1) is 3.63. The first-order valence-electron chi connectivity index (χ1n) is 3.12. The number of hydrogen-bond donors (Lipinski definition) is 2. The molecule has 1 heterocycles. The molecule has 1 aliphatic rings. The second-order valence-corrected chi connectivity index (χ2v) is 3.04. The molecule has 1 fully saturated rings. The van der Waals surface area contributed by atoms with Gasteiger partial charge in [0.05, 0.1) is 0 Å². The summed E-state index contributed by atoms with van der Waals surface area (Å²) >= 11 is 0. The van der Waals surface area contributed by atoms with Crippen LogP contribution in [0.5, 0.6) is 0 Å². The fourth-order valence-electron chi connectivity index (χ4n) is 0.965. The van der Waals surface area contributed by atoms with Crippen molar-refractivity contribution in [3.63, 3.8) is 0 Å². The minimum atomic E-state index is 0.0417. The Morgan fingerprint density at radius 2 is 2.38 bits per heavy atom. The minimum absolute atomic E-state index is 0.0417. The molecule has 0 aromatic heterocycles. The number of nitrogens with one attached hydrogen (secondary N) is 1. The second kappa shape index (κ2) is 1.71. The Morgan fingerprint density at radius 1 is 1.75 bits per heavy atom. The number of nitrogens with two attached hydrogens (primary N) is 1. The van der Waals surface area contributed by atoms with E-state index in [0.29, 0.717) is 5.92 Å². The molecule has 1 unspecified atom stereocenters. The van der Waals surface area contributed by atoms with Gasteiger partial charge in [-0.05, 0) is 19.4 Å². The van der Waals surface area contributed by atoms with E-state index in [0.717, 1.165) is 13.1 Å². The van der Waals surface area contributed by atoms with Crippen LogP contribution in [0.1, 0.15) is 13.8 Å². The van der Waals surface area contributed by atoms with Crippen molar-refractivity contribution in [2.45, 2.75) is 19.4 Å². The first-order valence-corrected chi connectivity index (χ1v) is 3.12. The van der Waals surface area contributed by atoms with Crippen molar-refractivity contribution in [2.24, 2.45) is 11.7 Å². The molecule has 1 aliphatic heterocycles. The lowest BCUT2D eigenvalue weighted by molar-refractivity contribution is 0.404. The van der Waals surface area contributed by atoms with Crippen molar-refractivity contribution in [3.8, 4) is 0 Å². The number of hydrogen-bond acceptors (Lipinski definition) is 2. The molecule has 0 aromatic rings. The largest absolute Gasteiger partial charge is 0.324 e. The predicted octanol–water partition coefficient (Wildman–Crippen LogP) is -0.0569. The molecule has 1 saturated heterocycles. The van der Waals surface area contributed by atoms with Crippen LogP contribution in [-0.2, 0) is 0 Å². The minimum Gasteiger partial charge on any atom is -0.324 e. The average molecular weight is 114 g/mol. The van der Waals surface area contributed by atoms with Crippen LogP contribution < -0.4 is 11.1 Å². The zero-order chi connectivity index (χ0) is 6.20. The molecule has 3 N–H and O–H groups in total. The Bertz CT molecular complexity index is 88.5. The summed E-state index contributed by atoms with van der Waals surface area (Å²) in [6.07, 6.45) is 0. The molecule has 2 nitrogen and oxygen atoms in total. The molecule has 0 saturated carbocycles. The van der Waals surface area contributed by atoms with Crippen molar-refractivity contribution in [1.82, 2.24) is 5.32 Å². The van der Waals surface area contributed by atoms with Crippen molar-refractivity contribution >= 4 is 0 Å². The third kappa shape index (κ3) is 0.858. The van der Waals surface area contributed by atoms with E-state index in [1.165, 1.54) is 0 Å². The van der Waals surface area contributed by atoms with Crippen LogP contribution in [0.4, 0.5) is 0 Å². The van der Waals surface area contributed by atoms with E-state index in [-0.39, 0.29) is 5.54 Å². The predicted molar refractivity (Wildman–Crippen MR) is 34.6 cm³/mol. The lowest BCUT2D eigenvalue weighted by Gasteiger charge is -2.21. The van der Waals surface area contributed by atoms with Crippen LogP contribution in [0, 0.1) is 5.92 Å². The first kappa shape index (κ1) is 6.05. The quantitative estimate of drug-likeness (QED) is 0.463. The van der Waals surface area contributed by atoms with Gasteiger partial charge in [0, 0.05) is 12.1 Å². The monoisotopic (exact) mass is 114 g/mol. The Labute approximate surface area is 50.4 Å². The Hall–Kier alpha value is -0.0800. The zero-order valence-corrected chi connectivity index (χ0v) is 5.57. The summed E-state index contributed by atoms with van der Waals surface area (Å²) in [6.45, 7) is 6.32. The van der Waals surface area contributed by atoms with Gasteiger partial charge >= 0.3 is 0 Å². The van der Waals surface area contributed by atoms with Gasteiger partial charge in [0.2, 0.25) is 0 Å². The van der Waals surface area contributed by atoms with Gasteiger partial charge in [0.25, 0.3) is 0 Å². The van der Waals surface area contributed by atoms with Crippen LogP contribution in [0.25, 0.3) is 0 Å². The molecule has 0 aliphatic carbocycles. The van der Waals surface area contributed by atoms with E-state index in [1.54, 1.807) is 0 Å². The molecule has 0 bridgehead atoms. The van der Waals surface area contributed by atoms with E-state index < -0.39 is 0 Å². The SMILES string of the molecule is CC1CNC[C@]1(C)N. The van der Waals surface area contributed by atoms with Gasteiger partial charge in [-0.3, -0.25) is 0 Å². The molecular weight excluding hydrogens is 100 g/mol. The van der Waals surface area contributed by atoms with E-state index in [1.807, 2.05) is 0 Å². The molecule has 0 spiro atoms. The van der Waals surface area contributed by atoms with Crippen molar-refractivity contribution in [1.29, 1.82) is 0 Å². The highest BCUT2D eigenvalue weighted by Crippen LogP contribution is 2.16. The molecule has 0 aromatic carbocycles. The van der Waals surface area contributed by atoms with E-state index in [2.05, 4.69) is 19.2 Å². The van der Waals surface area contributed by atoms with Crippen LogP contribution >= 0.6 is 0 Å². The summed E-state index contributed by atoms with van der Waals surface area (Å²) in [5, 5.41) is 3.24.